The molecule has 166 valence electrons. The highest BCUT2D eigenvalue weighted by Gasteiger charge is 2.25. The van der Waals surface area contributed by atoms with Crippen LogP contribution in [0.4, 0.5) is 0 Å². The zero-order valence-corrected chi connectivity index (χ0v) is 17.1. The summed E-state index contributed by atoms with van der Waals surface area (Å²) in [6, 6.07) is 17.6. The molecule has 0 aliphatic carbocycles. The van der Waals surface area contributed by atoms with Crippen LogP contribution in [0.2, 0.25) is 0 Å². The van der Waals surface area contributed by atoms with Crippen molar-refractivity contribution in [2.75, 3.05) is 6.61 Å². The standard InChI is InChI=1S/C24H23NO7/c26-13-18(24(30)31)11-19(25-23(29)22-12-20(27)21(28)14-32-22)10-15-6-8-17(9-7-15)16-4-2-1-3-5-16/h1-9,12,14,18-19,26,28H,10-11,13H2,(H,25,29)(H,30,31)/t18-,19+/m0/s1. The lowest BCUT2D eigenvalue weighted by Crippen LogP contribution is -2.40. The minimum absolute atomic E-state index is 0.0275. The number of aliphatic hydroxyl groups is 1. The Labute approximate surface area is 183 Å². The van der Waals surface area contributed by atoms with Gasteiger partial charge in [-0.25, -0.2) is 0 Å². The van der Waals surface area contributed by atoms with E-state index in [4.69, 9.17) is 4.42 Å². The summed E-state index contributed by atoms with van der Waals surface area (Å²) in [6.07, 6.45) is 1.04. The fourth-order valence-corrected chi connectivity index (χ4v) is 3.32. The van der Waals surface area contributed by atoms with Crippen molar-refractivity contribution < 1.29 is 29.3 Å². The first-order chi connectivity index (χ1) is 15.4. The molecular formula is C24H23NO7. The van der Waals surface area contributed by atoms with Gasteiger partial charge in [-0.3, -0.25) is 14.4 Å². The third kappa shape index (κ3) is 5.83. The van der Waals surface area contributed by atoms with Gasteiger partial charge in [0, 0.05) is 12.1 Å². The summed E-state index contributed by atoms with van der Waals surface area (Å²) >= 11 is 0. The average molecular weight is 437 g/mol. The van der Waals surface area contributed by atoms with E-state index in [2.05, 4.69) is 5.32 Å². The van der Waals surface area contributed by atoms with E-state index in [1.165, 1.54) is 0 Å². The van der Waals surface area contributed by atoms with Gasteiger partial charge in [0.25, 0.3) is 5.91 Å². The number of aliphatic hydroxyl groups excluding tert-OH is 1. The zero-order valence-electron chi connectivity index (χ0n) is 17.1. The Morgan fingerprint density at radius 2 is 1.66 bits per heavy atom. The Kier molecular flexibility index (Phi) is 7.41. The molecule has 3 rings (SSSR count). The summed E-state index contributed by atoms with van der Waals surface area (Å²) < 4.78 is 4.97. The first-order valence-electron chi connectivity index (χ1n) is 9.98. The minimum Gasteiger partial charge on any atom is -0.502 e. The van der Waals surface area contributed by atoms with E-state index in [0.717, 1.165) is 29.0 Å². The topological polar surface area (TPSA) is 137 Å². The first-order valence-corrected chi connectivity index (χ1v) is 9.98. The van der Waals surface area contributed by atoms with Crippen molar-refractivity contribution in [1.29, 1.82) is 0 Å². The minimum atomic E-state index is -1.18. The largest absolute Gasteiger partial charge is 0.502 e. The summed E-state index contributed by atoms with van der Waals surface area (Å²) in [5.74, 6) is -3.91. The van der Waals surface area contributed by atoms with E-state index >= 15 is 0 Å². The van der Waals surface area contributed by atoms with E-state index in [9.17, 15) is 29.7 Å². The number of carbonyl (C=O) groups excluding carboxylic acids is 1. The number of aromatic hydroxyl groups is 1. The second-order valence-electron chi connectivity index (χ2n) is 7.38. The highest BCUT2D eigenvalue weighted by Crippen LogP contribution is 2.21. The van der Waals surface area contributed by atoms with Crippen LogP contribution in [0.15, 0.2) is 76.1 Å². The van der Waals surface area contributed by atoms with E-state index in [1.54, 1.807) is 0 Å². The molecule has 0 radical (unpaired) electrons. The van der Waals surface area contributed by atoms with Crippen LogP contribution >= 0.6 is 0 Å². The molecule has 0 saturated heterocycles. The summed E-state index contributed by atoms with van der Waals surface area (Å²) in [7, 11) is 0. The molecule has 0 bridgehead atoms. The zero-order chi connectivity index (χ0) is 23.1. The maximum atomic E-state index is 12.6. The van der Waals surface area contributed by atoms with Crippen LogP contribution < -0.4 is 10.7 Å². The summed E-state index contributed by atoms with van der Waals surface area (Å²) in [5, 5.41) is 30.7. The Hall–Kier alpha value is -3.91. The molecule has 3 aromatic rings. The Morgan fingerprint density at radius 3 is 2.25 bits per heavy atom. The van der Waals surface area contributed by atoms with Gasteiger partial charge in [-0.1, -0.05) is 54.6 Å². The highest BCUT2D eigenvalue weighted by atomic mass is 16.4. The van der Waals surface area contributed by atoms with Crippen LogP contribution in [0.1, 0.15) is 22.5 Å². The molecule has 8 nitrogen and oxygen atoms in total. The number of carboxylic acids is 1. The van der Waals surface area contributed by atoms with Crippen LogP contribution in [-0.2, 0) is 11.2 Å². The molecule has 0 spiro atoms. The lowest BCUT2D eigenvalue weighted by atomic mass is 9.94. The van der Waals surface area contributed by atoms with Gasteiger partial charge in [0.2, 0.25) is 5.43 Å². The van der Waals surface area contributed by atoms with Gasteiger partial charge in [0.15, 0.2) is 11.5 Å². The molecule has 8 heteroatoms. The number of benzene rings is 2. The van der Waals surface area contributed by atoms with Crippen molar-refractivity contribution in [3.05, 3.63) is 88.5 Å². The smallest absolute Gasteiger partial charge is 0.308 e. The van der Waals surface area contributed by atoms with Gasteiger partial charge in [0.05, 0.1) is 12.5 Å². The van der Waals surface area contributed by atoms with Gasteiger partial charge >= 0.3 is 5.97 Å². The van der Waals surface area contributed by atoms with Crippen LogP contribution in [0.5, 0.6) is 5.75 Å². The van der Waals surface area contributed by atoms with Crippen molar-refractivity contribution in [2.24, 2.45) is 5.92 Å². The maximum Gasteiger partial charge on any atom is 0.308 e. The van der Waals surface area contributed by atoms with Crippen molar-refractivity contribution in [1.82, 2.24) is 5.32 Å². The van der Waals surface area contributed by atoms with Gasteiger partial charge in [-0.15, -0.1) is 0 Å². The molecule has 0 aliphatic rings. The predicted molar refractivity (Wildman–Crippen MR) is 116 cm³/mol. The van der Waals surface area contributed by atoms with Crippen molar-refractivity contribution >= 4 is 11.9 Å². The number of hydrogen-bond donors (Lipinski definition) is 4. The third-order valence-electron chi connectivity index (χ3n) is 5.05. The summed E-state index contributed by atoms with van der Waals surface area (Å²) in [6.45, 7) is -0.580. The molecule has 1 aromatic heterocycles. The van der Waals surface area contributed by atoms with Crippen molar-refractivity contribution in [2.45, 2.75) is 18.9 Å². The molecule has 0 saturated carbocycles. The van der Waals surface area contributed by atoms with Crippen LogP contribution in [0.3, 0.4) is 0 Å². The number of amides is 1. The van der Waals surface area contributed by atoms with Crippen LogP contribution in [0.25, 0.3) is 11.1 Å². The molecular weight excluding hydrogens is 414 g/mol. The molecule has 2 aromatic carbocycles. The molecule has 0 fully saturated rings. The highest BCUT2D eigenvalue weighted by molar-refractivity contribution is 5.91. The van der Waals surface area contributed by atoms with Crippen molar-refractivity contribution in [3.8, 4) is 16.9 Å². The predicted octanol–water partition coefficient (Wildman–Crippen LogP) is 2.44. The second-order valence-corrected chi connectivity index (χ2v) is 7.38. The molecule has 2 atom stereocenters. The number of aliphatic carboxylic acids is 1. The lowest BCUT2D eigenvalue weighted by molar-refractivity contribution is -0.143. The molecule has 1 heterocycles. The molecule has 0 unspecified atom stereocenters. The summed E-state index contributed by atoms with van der Waals surface area (Å²) in [4.78, 5) is 35.5. The molecule has 4 N–H and O–H groups in total. The molecule has 32 heavy (non-hydrogen) atoms. The Bertz CT molecular complexity index is 1120. The number of carbonyl (C=O) groups is 2. The second kappa shape index (κ2) is 10.4. The van der Waals surface area contributed by atoms with Gasteiger partial charge < -0.3 is 25.1 Å². The Balaban J connectivity index is 1.79. The maximum absolute atomic E-state index is 12.6. The van der Waals surface area contributed by atoms with Crippen molar-refractivity contribution in [3.63, 3.8) is 0 Å². The fraction of sp³-hybridized carbons (Fsp3) is 0.208. The number of carboxylic acid groups (broad SMARTS) is 1. The average Bonchev–Trinajstić information content (AvgIpc) is 2.80. The number of rotatable bonds is 9. The Morgan fingerprint density at radius 1 is 1.00 bits per heavy atom. The van der Waals surface area contributed by atoms with E-state index in [-0.39, 0.29) is 12.2 Å². The fourth-order valence-electron chi connectivity index (χ4n) is 3.32. The molecule has 0 aliphatic heterocycles. The van der Waals surface area contributed by atoms with E-state index in [1.807, 2.05) is 54.6 Å². The van der Waals surface area contributed by atoms with Crippen LogP contribution in [-0.4, -0.2) is 39.8 Å². The van der Waals surface area contributed by atoms with E-state index < -0.39 is 41.6 Å². The third-order valence-corrected chi connectivity index (χ3v) is 5.05. The van der Waals surface area contributed by atoms with Gasteiger partial charge in [0.1, 0.15) is 6.26 Å². The quantitative estimate of drug-likeness (QED) is 0.403. The van der Waals surface area contributed by atoms with Gasteiger partial charge in [-0.05, 0) is 29.5 Å². The van der Waals surface area contributed by atoms with Gasteiger partial charge in [-0.2, -0.15) is 0 Å². The number of hydrogen-bond acceptors (Lipinski definition) is 6. The normalized spacial score (nSPS) is 12.7. The monoisotopic (exact) mass is 437 g/mol. The van der Waals surface area contributed by atoms with Crippen LogP contribution in [0, 0.1) is 5.92 Å². The first kappa shape index (κ1) is 22.8. The number of nitrogens with one attached hydrogen (secondary N) is 1. The SMILES string of the molecule is O=C(N[C@H](Cc1ccc(-c2ccccc2)cc1)C[C@@H](CO)C(=O)O)c1cc(=O)c(O)co1. The lowest BCUT2D eigenvalue weighted by Gasteiger charge is -2.21. The van der Waals surface area contributed by atoms with E-state index in [0.29, 0.717) is 6.42 Å². The summed E-state index contributed by atoms with van der Waals surface area (Å²) in [5.41, 5.74) is 2.15. The molecule has 1 amide bonds.